The molecule has 2 N–H and O–H groups in total. The van der Waals surface area contributed by atoms with Gasteiger partial charge in [-0.2, -0.15) is 0 Å². The number of amides is 1. The summed E-state index contributed by atoms with van der Waals surface area (Å²) in [7, 11) is 0. The van der Waals surface area contributed by atoms with E-state index in [0.717, 1.165) is 0 Å². The molecule has 0 spiro atoms. The minimum atomic E-state index is -0.606. The summed E-state index contributed by atoms with van der Waals surface area (Å²) in [6.45, 7) is 6.00. The van der Waals surface area contributed by atoms with Gasteiger partial charge in [-0.3, -0.25) is 0 Å². The topological polar surface area (TPSA) is 77.0 Å². The summed E-state index contributed by atoms with van der Waals surface area (Å²) in [6.07, 6.45) is -1.71. The average molecular weight is 245 g/mol. The molecule has 0 saturated carbocycles. The van der Waals surface area contributed by atoms with Crippen molar-refractivity contribution in [2.24, 2.45) is 0 Å². The molecule has 6 heteroatoms. The summed E-state index contributed by atoms with van der Waals surface area (Å²) in [4.78, 5) is 11.6. The highest BCUT2D eigenvalue weighted by Crippen LogP contribution is 2.27. The molecular formula is C11H19NO5. The number of ether oxygens (including phenoxy) is 3. The normalized spacial score (nSPS) is 36.7. The maximum atomic E-state index is 11.6. The molecule has 98 valence electrons. The second-order valence-electron chi connectivity index (χ2n) is 5.42. The Morgan fingerprint density at radius 2 is 1.94 bits per heavy atom. The van der Waals surface area contributed by atoms with Crippen molar-refractivity contribution in [2.75, 3.05) is 13.2 Å². The van der Waals surface area contributed by atoms with E-state index in [-0.39, 0.29) is 24.9 Å². The average Bonchev–Trinajstić information content (AvgIpc) is 2.69. The lowest BCUT2D eigenvalue weighted by Crippen LogP contribution is -2.46. The lowest BCUT2D eigenvalue weighted by molar-refractivity contribution is 0.0170. The highest BCUT2D eigenvalue weighted by atomic mass is 16.6. The second kappa shape index (κ2) is 4.44. The standard InChI is InChI=1S/C11H19NO5/c1-11(2,3)17-10(14)12-6-4-15-9-7(13)5-16-8(6)9/h6-9,13H,4-5H2,1-3H3,(H,12,14)/t6-,7+,8+,9+/m0/s1. The predicted molar refractivity (Wildman–Crippen MR) is 58.6 cm³/mol. The molecule has 0 aromatic rings. The molecule has 17 heavy (non-hydrogen) atoms. The van der Waals surface area contributed by atoms with Crippen LogP contribution in [0.5, 0.6) is 0 Å². The Morgan fingerprint density at radius 1 is 1.29 bits per heavy atom. The van der Waals surface area contributed by atoms with E-state index in [4.69, 9.17) is 14.2 Å². The Morgan fingerprint density at radius 3 is 2.59 bits per heavy atom. The fourth-order valence-electron chi connectivity index (χ4n) is 2.06. The Bertz CT molecular complexity index is 301. The maximum Gasteiger partial charge on any atom is 0.408 e. The quantitative estimate of drug-likeness (QED) is 0.682. The number of hydrogen-bond acceptors (Lipinski definition) is 5. The maximum absolute atomic E-state index is 11.6. The van der Waals surface area contributed by atoms with Crippen LogP contribution in [0.15, 0.2) is 0 Å². The van der Waals surface area contributed by atoms with Gasteiger partial charge in [0.15, 0.2) is 0 Å². The number of hydrogen-bond donors (Lipinski definition) is 2. The van der Waals surface area contributed by atoms with E-state index in [1.807, 2.05) is 0 Å². The van der Waals surface area contributed by atoms with Gasteiger partial charge < -0.3 is 24.6 Å². The van der Waals surface area contributed by atoms with Crippen molar-refractivity contribution >= 4 is 6.09 Å². The molecule has 0 radical (unpaired) electrons. The highest BCUT2D eigenvalue weighted by molar-refractivity contribution is 5.68. The minimum absolute atomic E-state index is 0.252. The molecule has 0 aromatic heterocycles. The molecule has 2 fully saturated rings. The van der Waals surface area contributed by atoms with Crippen molar-refractivity contribution in [2.45, 2.75) is 50.7 Å². The number of aliphatic hydroxyl groups is 1. The van der Waals surface area contributed by atoms with Crippen LogP contribution >= 0.6 is 0 Å². The number of nitrogens with one attached hydrogen (secondary N) is 1. The first-order chi connectivity index (χ1) is 7.87. The SMILES string of the molecule is CC(C)(C)OC(=O)N[C@H]1CO[C@H]2[C@@H]1OC[C@H]2O. The predicted octanol–water partition coefficient (Wildman–Crippen LogP) is 0.0382. The fourth-order valence-corrected chi connectivity index (χ4v) is 2.06. The minimum Gasteiger partial charge on any atom is -0.444 e. The molecule has 1 amide bonds. The van der Waals surface area contributed by atoms with Gasteiger partial charge >= 0.3 is 6.09 Å². The van der Waals surface area contributed by atoms with Gasteiger partial charge in [0.05, 0.1) is 19.3 Å². The van der Waals surface area contributed by atoms with E-state index in [0.29, 0.717) is 6.61 Å². The molecule has 2 aliphatic rings. The van der Waals surface area contributed by atoms with Gasteiger partial charge in [0.1, 0.15) is 23.9 Å². The molecule has 2 rings (SSSR count). The van der Waals surface area contributed by atoms with Gasteiger partial charge in [-0.1, -0.05) is 0 Å². The van der Waals surface area contributed by atoms with Crippen molar-refractivity contribution in [1.29, 1.82) is 0 Å². The highest BCUT2D eigenvalue weighted by Gasteiger charge is 2.47. The Hall–Kier alpha value is -0.850. The molecular weight excluding hydrogens is 226 g/mol. The van der Waals surface area contributed by atoms with Crippen molar-refractivity contribution in [1.82, 2.24) is 5.32 Å². The van der Waals surface area contributed by atoms with E-state index in [2.05, 4.69) is 5.32 Å². The number of carbonyl (C=O) groups excluding carboxylic acids is 1. The van der Waals surface area contributed by atoms with E-state index < -0.39 is 17.8 Å². The van der Waals surface area contributed by atoms with Gasteiger partial charge in [0, 0.05) is 0 Å². The van der Waals surface area contributed by atoms with Crippen LogP contribution in [0.2, 0.25) is 0 Å². The molecule has 4 atom stereocenters. The van der Waals surface area contributed by atoms with E-state index >= 15 is 0 Å². The zero-order valence-corrected chi connectivity index (χ0v) is 10.3. The van der Waals surface area contributed by atoms with Crippen LogP contribution in [0.4, 0.5) is 4.79 Å². The summed E-state index contributed by atoms with van der Waals surface area (Å²) in [5.74, 6) is 0. The van der Waals surface area contributed by atoms with Crippen LogP contribution in [-0.2, 0) is 14.2 Å². The van der Waals surface area contributed by atoms with Gasteiger partial charge in [-0.05, 0) is 20.8 Å². The third-order valence-electron chi connectivity index (χ3n) is 2.73. The number of fused-ring (bicyclic) bond motifs is 1. The van der Waals surface area contributed by atoms with Crippen molar-refractivity contribution in [3.8, 4) is 0 Å². The Kier molecular flexibility index (Phi) is 3.29. The molecule has 0 aromatic carbocycles. The largest absolute Gasteiger partial charge is 0.444 e. The van der Waals surface area contributed by atoms with Crippen LogP contribution in [0.3, 0.4) is 0 Å². The van der Waals surface area contributed by atoms with Crippen LogP contribution in [0.1, 0.15) is 20.8 Å². The number of aliphatic hydroxyl groups excluding tert-OH is 1. The monoisotopic (exact) mass is 245 g/mol. The lowest BCUT2D eigenvalue weighted by Gasteiger charge is -2.23. The zero-order chi connectivity index (χ0) is 12.6. The number of alkyl carbamates (subject to hydrolysis) is 1. The van der Waals surface area contributed by atoms with E-state index in [9.17, 15) is 9.90 Å². The van der Waals surface area contributed by atoms with Crippen LogP contribution in [0, 0.1) is 0 Å². The first kappa shape index (κ1) is 12.6. The smallest absolute Gasteiger partial charge is 0.408 e. The third-order valence-corrected chi connectivity index (χ3v) is 2.73. The molecule has 2 aliphatic heterocycles. The molecule has 0 bridgehead atoms. The van der Waals surface area contributed by atoms with Gasteiger partial charge in [0.2, 0.25) is 0 Å². The molecule has 0 aliphatic carbocycles. The van der Waals surface area contributed by atoms with Crippen LogP contribution in [-0.4, -0.2) is 54.4 Å². The number of rotatable bonds is 1. The van der Waals surface area contributed by atoms with E-state index in [1.165, 1.54) is 0 Å². The van der Waals surface area contributed by atoms with Crippen molar-refractivity contribution in [3.63, 3.8) is 0 Å². The molecule has 2 heterocycles. The summed E-state index contributed by atoms with van der Waals surface area (Å²) in [6, 6.07) is -0.257. The fraction of sp³-hybridized carbons (Fsp3) is 0.909. The molecule has 2 saturated heterocycles. The number of carbonyl (C=O) groups is 1. The second-order valence-corrected chi connectivity index (χ2v) is 5.42. The molecule has 6 nitrogen and oxygen atoms in total. The van der Waals surface area contributed by atoms with E-state index in [1.54, 1.807) is 20.8 Å². The zero-order valence-electron chi connectivity index (χ0n) is 10.3. The summed E-state index contributed by atoms with van der Waals surface area (Å²) < 4.78 is 15.9. The van der Waals surface area contributed by atoms with Crippen LogP contribution in [0.25, 0.3) is 0 Å². The molecule has 0 unspecified atom stereocenters. The van der Waals surface area contributed by atoms with Gasteiger partial charge in [0.25, 0.3) is 0 Å². The van der Waals surface area contributed by atoms with Gasteiger partial charge in [-0.15, -0.1) is 0 Å². The van der Waals surface area contributed by atoms with Crippen molar-refractivity contribution in [3.05, 3.63) is 0 Å². The first-order valence-corrected chi connectivity index (χ1v) is 5.77. The third kappa shape index (κ3) is 2.88. The lowest BCUT2D eigenvalue weighted by atomic mass is 10.1. The van der Waals surface area contributed by atoms with Gasteiger partial charge in [-0.25, -0.2) is 4.79 Å². The Balaban J connectivity index is 1.86. The summed E-state index contributed by atoms with van der Waals surface area (Å²) in [5.41, 5.74) is -0.529. The van der Waals surface area contributed by atoms with Crippen molar-refractivity contribution < 1.29 is 24.1 Å². The first-order valence-electron chi connectivity index (χ1n) is 5.77. The summed E-state index contributed by atoms with van der Waals surface area (Å²) in [5, 5.41) is 12.2. The summed E-state index contributed by atoms with van der Waals surface area (Å²) >= 11 is 0. The Labute approximate surface area is 100 Å². The van der Waals surface area contributed by atoms with Crippen LogP contribution < -0.4 is 5.32 Å².